The second-order valence-electron chi connectivity index (χ2n) is 5.35. The van der Waals surface area contributed by atoms with Gasteiger partial charge in [0.2, 0.25) is 5.95 Å². The third-order valence-corrected chi connectivity index (χ3v) is 5.48. The summed E-state index contributed by atoms with van der Waals surface area (Å²) in [5.74, 6) is 1.81. The summed E-state index contributed by atoms with van der Waals surface area (Å²) >= 11 is 0. The quantitative estimate of drug-likeness (QED) is 0.711. The van der Waals surface area contributed by atoms with Crippen molar-refractivity contribution in [2.75, 3.05) is 48.5 Å². The van der Waals surface area contributed by atoms with Crippen LogP contribution in [0.5, 0.6) is 0 Å². The van der Waals surface area contributed by atoms with Gasteiger partial charge in [0.25, 0.3) is 0 Å². The predicted octanol–water partition coefficient (Wildman–Crippen LogP) is 0.938. The van der Waals surface area contributed by atoms with Crippen LogP contribution in [0.15, 0.2) is 12.3 Å². The Morgan fingerprint density at radius 3 is 2.95 bits per heavy atom. The highest BCUT2D eigenvalue weighted by Crippen LogP contribution is 2.23. The molecule has 1 N–H and O–H groups in total. The maximum absolute atomic E-state index is 11.7. The zero-order valence-corrected chi connectivity index (χ0v) is 14.0. The molecule has 2 rings (SSSR count). The Hall–Kier alpha value is -1.41. The summed E-state index contributed by atoms with van der Waals surface area (Å²) in [5, 5.41) is 3.16. The first-order valence-corrected chi connectivity index (χ1v) is 9.41. The van der Waals surface area contributed by atoms with E-state index in [0.29, 0.717) is 19.0 Å². The topological polar surface area (TPSA) is 84.4 Å². The Morgan fingerprint density at radius 2 is 2.32 bits per heavy atom. The minimum atomic E-state index is -2.90. The summed E-state index contributed by atoms with van der Waals surface area (Å²) < 4.78 is 28.4. The number of rotatable bonds is 8. The minimum Gasteiger partial charge on any atom is -0.385 e. The molecule has 0 bridgehead atoms. The predicted molar refractivity (Wildman–Crippen MR) is 87.1 cm³/mol. The largest absolute Gasteiger partial charge is 0.385 e. The summed E-state index contributed by atoms with van der Waals surface area (Å²) in [6.07, 6.45) is 3.24. The molecule has 0 radical (unpaired) electrons. The molecule has 22 heavy (non-hydrogen) atoms. The molecule has 0 spiro atoms. The Labute approximate surface area is 132 Å². The molecule has 0 amide bonds. The summed E-state index contributed by atoms with van der Waals surface area (Å²) in [6, 6.07) is 1.83. The van der Waals surface area contributed by atoms with E-state index in [9.17, 15) is 8.42 Å². The molecular weight excluding hydrogens is 304 g/mol. The van der Waals surface area contributed by atoms with Gasteiger partial charge < -0.3 is 15.0 Å². The molecule has 124 valence electrons. The van der Waals surface area contributed by atoms with E-state index in [-0.39, 0.29) is 17.5 Å². The Bertz CT molecular complexity index is 579. The van der Waals surface area contributed by atoms with Crippen LogP contribution in [0.25, 0.3) is 0 Å². The standard InChI is InChI=1S/C14H24N4O3S/c1-3-18(12-6-10-22(19,20)11-12)13-5-8-16-14(17-13)15-7-4-9-21-2/h5,8,12H,3-4,6-7,9-11H2,1-2H3,(H,15,16,17). The molecule has 8 heteroatoms. The fraction of sp³-hybridized carbons (Fsp3) is 0.714. The number of sulfone groups is 1. The molecular formula is C14H24N4O3S. The number of nitrogens with one attached hydrogen (secondary N) is 1. The Morgan fingerprint density at radius 1 is 1.50 bits per heavy atom. The highest BCUT2D eigenvalue weighted by molar-refractivity contribution is 7.91. The van der Waals surface area contributed by atoms with Crippen LogP contribution in [0.2, 0.25) is 0 Å². The van der Waals surface area contributed by atoms with Crippen LogP contribution in [-0.4, -0.2) is 62.7 Å². The van der Waals surface area contributed by atoms with Crippen molar-refractivity contribution in [3.8, 4) is 0 Å². The molecule has 1 fully saturated rings. The Kier molecular flexibility index (Phi) is 5.96. The number of nitrogens with zero attached hydrogens (tertiary/aromatic N) is 3. The van der Waals surface area contributed by atoms with E-state index in [1.807, 2.05) is 17.9 Å². The van der Waals surface area contributed by atoms with Crippen LogP contribution in [0.3, 0.4) is 0 Å². The lowest BCUT2D eigenvalue weighted by atomic mass is 10.2. The lowest BCUT2D eigenvalue weighted by Gasteiger charge is -2.28. The molecule has 1 atom stereocenters. The number of hydrogen-bond donors (Lipinski definition) is 1. The number of anilines is 2. The first-order valence-electron chi connectivity index (χ1n) is 7.58. The zero-order chi connectivity index (χ0) is 16.0. The molecule has 1 unspecified atom stereocenters. The van der Waals surface area contributed by atoms with Crippen molar-refractivity contribution in [1.29, 1.82) is 0 Å². The van der Waals surface area contributed by atoms with Crippen molar-refractivity contribution in [3.05, 3.63) is 12.3 Å². The zero-order valence-electron chi connectivity index (χ0n) is 13.2. The fourth-order valence-corrected chi connectivity index (χ4v) is 4.37. The van der Waals surface area contributed by atoms with Gasteiger partial charge in [0.1, 0.15) is 5.82 Å². The summed E-state index contributed by atoms with van der Waals surface area (Å²) in [4.78, 5) is 10.8. The molecule has 1 aliphatic heterocycles. The molecule has 1 aromatic heterocycles. The summed E-state index contributed by atoms with van der Waals surface area (Å²) in [7, 11) is -1.23. The van der Waals surface area contributed by atoms with E-state index >= 15 is 0 Å². The molecule has 0 aliphatic carbocycles. The van der Waals surface area contributed by atoms with E-state index in [0.717, 1.165) is 25.3 Å². The number of methoxy groups -OCH3 is 1. The average Bonchev–Trinajstić information content (AvgIpc) is 2.85. The minimum absolute atomic E-state index is 0.00578. The lowest BCUT2D eigenvalue weighted by Crippen LogP contribution is -2.36. The van der Waals surface area contributed by atoms with E-state index in [1.165, 1.54) is 0 Å². The average molecular weight is 328 g/mol. The van der Waals surface area contributed by atoms with Gasteiger partial charge in [-0.1, -0.05) is 0 Å². The van der Waals surface area contributed by atoms with E-state index in [1.54, 1.807) is 13.3 Å². The molecule has 0 saturated carbocycles. The van der Waals surface area contributed by atoms with Gasteiger partial charge in [-0.15, -0.1) is 0 Å². The molecule has 2 heterocycles. The van der Waals surface area contributed by atoms with Crippen LogP contribution in [-0.2, 0) is 14.6 Å². The molecule has 1 aromatic rings. The molecule has 0 aromatic carbocycles. The maximum atomic E-state index is 11.7. The lowest BCUT2D eigenvalue weighted by molar-refractivity contribution is 0.197. The van der Waals surface area contributed by atoms with Gasteiger partial charge in [-0.25, -0.2) is 13.4 Å². The maximum Gasteiger partial charge on any atom is 0.224 e. The van der Waals surface area contributed by atoms with Gasteiger partial charge in [0.15, 0.2) is 9.84 Å². The van der Waals surface area contributed by atoms with Crippen LogP contribution in [0.4, 0.5) is 11.8 Å². The normalized spacial score (nSPS) is 20.0. The van der Waals surface area contributed by atoms with E-state index < -0.39 is 9.84 Å². The van der Waals surface area contributed by atoms with Gasteiger partial charge >= 0.3 is 0 Å². The van der Waals surface area contributed by atoms with Crippen molar-refractivity contribution < 1.29 is 13.2 Å². The van der Waals surface area contributed by atoms with Crippen LogP contribution in [0, 0.1) is 0 Å². The smallest absolute Gasteiger partial charge is 0.224 e. The van der Waals surface area contributed by atoms with Crippen LogP contribution in [0.1, 0.15) is 19.8 Å². The van der Waals surface area contributed by atoms with Gasteiger partial charge in [0.05, 0.1) is 11.5 Å². The number of aromatic nitrogens is 2. The molecule has 1 aliphatic rings. The van der Waals surface area contributed by atoms with Gasteiger partial charge in [-0.05, 0) is 25.8 Å². The third kappa shape index (κ3) is 4.54. The van der Waals surface area contributed by atoms with Crippen molar-refractivity contribution in [1.82, 2.24) is 9.97 Å². The number of ether oxygens (including phenoxy) is 1. The monoisotopic (exact) mass is 328 g/mol. The summed E-state index contributed by atoms with van der Waals surface area (Å²) in [5.41, 5.74) is 0. The first kappa shape index (κ1) is 17.0. The van der Waals surface area contributed by atoms with Gasteiger partial charge in [-0.3, -0.25) is 0 Å². The van der Waals surface area contributed by atoms with Gasteiger partial charge in [-0.2, -0.15) is 4.98 Å². The van der Waals surface area contributed by atoms with Crippen LogP contribution >= 0.6 is 0 Å². The van der Waals surface area contributed by atoms with Crippen molar-refractivity contribution in [2.45, 2.75) is 25.8 Å². The highest BCUT2D eigenvalue weighted by Gasteiger charge is 2.32. The third-order valence-electron chi connectivity index (χ3n) is 3.73. The second-order valence-corrected chi connectivity index (χ2v) is 7.58. The van der Waals surface area contributed by atoms with Crippen molar-refractivity contribution in [3.63, 3.8) is 0 Å². The highest BCUT2D eigenvalue weighted by atomic mass is 32.2. The first-order chi connectivity index (χ1) is 10.6. The van der Waals surface area contributed by atoms with E-state index in [2.05, 4.69) is 15.3 Å². The summed E-state index contributed by atoms with van der Waals surface area (Å²) in [6.45, 7) is 4.16. The van der Waals surface area contributed by atoms with Crippen molar-refractivity contribution in [2.24, 2.45) is 0 Å². The second kappa shape index (κ2) is 7.73. The number of hydrogen-bond acceptors (Lipinski definition) is 7. The molecule has 7 nitrogen and oxygen atoms in total. The molecule has 1 saturated heterocycles. The Balaban J connectivity index is 2.03. The van der Waals surface area contributed by atoms with E-state index in [4.69, 9.17) is 4.74 Å². The van der Waals surface area contributed by atoms with Gasteiger partial charge in [0, 0.05) is 39.0 Å². The fourth-order valence-electron chi connectivity index (χ4n) is 2.64. The SMILES string of the molecule is CCN(c1ccnc(NCCCOC)n1)C1CCS(=O)(=O)C1. The van der Waals surface area contributed by atoms with Crippen molar-refractivity contribution >= 4 is 21.6 Å². The van der Waals surface area contributed by atoms with Crippen LogP contribution < -0.4 is 10.2 Å².